The second-order valence-electron chi connectivity index (χ2n) is 3.32. The number of methoxy groups -OCH3 is 3. The molecule has 16 heavy (non-hydrogen) atoms. The molecule has 3 nitrogen and oxygen atoms in total. The molecule has 0 amide bonds. The fourth-order valence-electron chi connectivity index (χ4n) is 1.68. The molecule has 0 aromatic heterocycles. The first-order valence-corrected chi connectivity index (χ1v) is 4.90. The van der Waals surface area contributed by atoms with Gasteiger partial charge in [0, 0.05) is 5.39 Å². The lowest BCUT2D eigenvalue weighted by Crippen LogP contribution is -1.92. The molecule has 0 spiro atoms. The van der Waals surface area contributed by atoms with E-state index in [1.165, 1.54) is 0 Å². The maximum Gasteiger partial charge on any atom is 0.161 e. The Morgan fingerprint density at radius 2 is 1.44 bits per heavy atom. The van der Waals surface area contributed by atoms with Crippen molar-refractivity contribution in [1.29, 1.82) is 0 Å². The number of hydrogen-bond acceptors (Lipinski definition) is 3. The van der Waals surface area contributed by atoms with E-state index in [9.17, 15) is 0 Å². The van der Waals surface area contributed by atoms with Gasteiger partial charge in [-0.15, -0.1) is 0 Å². The highest BCUT2D eigenvalue weighted by Crippen LogP contribution is 2.35. The quantitative estimate of drug-likeness (QED) is 0.791. The molecular weight excluding hydrogens is 204 g/mol. The Morgan fingerprint density at radius 3 is 2.06 bits per heavy atom. The van der Waals surface area contributed by atoms with Crippen LogP contribution in [0.3, 0.4) is 0 Å². The van der Waals surface area contributed by atoms with Crippen LogP contribution in [0.15, 0.2) is 24.3 Å². The van der Waals surface area contributed by atoms with Crippen LogP contribution < -0.4 is 14.2 Å². The summed E-state index contributed by atoms with van der Waals surface area (Å²) in [7, 11) is 4.87. The van der Waals surface area contributed by atoms with Gasteiger partial charge in [-0.2, -0.15) is 0 Å². The smallest absolute Gasteiger partial charge is 0.161 e. The van der Waals surface area contributed by atoms with Crippen LogP contribution in [-0.4, -0.2) is 21.3 Å². The Balaban J connectivity index is 2.72. The van der Waals surface area contributed by atoms with Gasteiger partial charge in [0.1, 0.15) is 5.75 Å². The highest BCUT2D eigenvalue weighted by atomic mass is 16.5. The van der Waals surface area contributed by atoms with E-state index in [1.54, 1.807) is 27.4 Å². The Labute approximate surface area is 94.5 Å². The highest BCUT2D eigenvalue weighted by Gasteiger charge is 2.08. The van der Waals surface area contributed by atoms with E-state index in [0.717, 1.165) is 16.5 Å². The molecule has 0 saturated heterocycles. The van der Waals surface area contributed by atoms with E-state index < -0.39 is 0 Å². The molecule has 0 aliphatic rings. The van der Waals surface area contributed by atoms with Crippen molar-refractivity contribution in [3.8, 4) is 17.2 Å². The molecule has 2 aromatic rings. The predicted molar refractivity (Wildman–Crippen MR) is 62.4 cm³/mol. The van der Waals surface area contributed by atoms with Gasteiger partial charge in [-0.25, -0.2) is 0 Å². The number of fused-ring (bicyclic) bond motifs is 1. The zero-order valence-corrected chi connectivity index (χ0v) is 9.53. The lowest BCUT2D eigenvalue weighted by atomic mass is 10.1. The van der Waals surface area contributed by atoms with E-state index >= 15 is 0 Å². The van der Waals surface area contributed by atoms with Crippen molar-refractivity contribution < 1.29 is 14.2 Å². The van der Waals surface area contributed by atoms with Crippen LogP contribution in [0.1, 0.15) is 0 Å². The Hall–Kier alpha value is -1.90. The molecule has 83 valence electrons. The van der Waals surface area contributed by atoms with E-state index in [2.05, 4.69) is 6.07 Å². The van der Waals surface area contributed by atoms with Gasteiger partial charge in [0.2, 0.25) is 0 Å². The van der Waals surface area contributed by atoms with Crippen LogP contribution in [-0.2, 0) is 0 Å². The molecule has 0 unspecified atom stereocenters. The lowest BCUT2D eigenvalue weighted by molar-refractivity contribution is 0.355. The molecule has 0 fully saturated rings. The fraction of sp³-hybridized carbons (Fsp3) is 0.231. The van der Waals surface area contributed by atoms with E-state index in [1.807, 2.05) is 18.2 Å². The van der Waals surface area contributed by atoms with Crippen molar-refractivity contribution in [2.75, 3.05) is 21.3 Å². The Kier molecular flexibility index (Phi) is 2.86. The summed E-state index contributed by atoms with van der Waals surface area (Å²) < 4.78 is 15.8. The van der Waals surface area contributed by atoms with E-state index in [4.69, 9.17) is 14.2 Å². The van der Waals surface area contributed by atoms with Gasteiger partial charge in [-0.1, -0.05) is 0 Å². The van der Waals surface area contributed by atoms with Gasteiger partial charge >= 0.3 is 0 Å². The van der Waals surface area contributed by atoms with Gasteiger partial charge in [0.15, 0.2) is 11.5 Å². The summed E-state index contributed by atoms with van der Waals surface area (Å²) in [5.41, 5.74) is 0. The average Bonchev–Trinajstić information content (AvgIpc) is 2.36. The summed E-state index contributed by atoms with van der Waals surface area (Å²) in [6.45, 7) is 0. The van der Waals surface area contributed by atoms with Crippen LogP contribution in [0.2, 0.25) is 0 Å². The van der Waals surface area contributed by atoms with Gasteiger partial charge in [0.25, 0.3) is 0 Å². The maximum atomic E-state index is 5.27. The molecule has 0 saturated carbocycles. The number of benzene rings is 2. The molecule has 0 aliphatic carbocycles. The average molecular weight is 217 g/mol. The molecular formula is C13H13O3. The first kappa shape index (κ1) is 10.6. The minimum atomic E-state index is 0.694. The largest absolute Gasteiger partial charge is 0.496 e. The third kappa shape index (κ3) is 1.65. The molecule has 0 bridgehead atoms. The summed E-state index contributed by atoms with van der Waals surface area (Å²) in [6.07, 6.45) is 0. The van der Waals surface area contributed by atoms with Crippen molar-refractivity contribution in [1.82, 2.24) is 0 Å². The van der Waals surface area contributed by atoms with E-state index in [-0.39, 0.29) is 0 Å². The van der Waals surface area contributed by atoms with Crippen LogP contribution in [0.5, 0.6) is 17.2 Å². The minimum absolute atomic E-state index is 0.694. The summed E-state index contributed by atoms with van der Waals surface area (Å²) >= 11 is 0. The first-order chi connectivity index (χ1) is 7.80. The van der Waals surface area contributed by atoms with Gasteiger partial charge in [0.05, 0.1) is 21.3 Å². The van der Waals surface area contributed by atoms with Crippen LogP contribution in [0.4, 0.5) is 0 Å². The third-order valence-electron chi connectivity index (χ3n) is 2.49. The molecule has 3 heteroatoms. The van der Waals surface area contributed by atoms with E-state index in [0.29, 0.717) is 11.5 Å². The lowest BCUT2D eigenvalue weighted by Gasteiger charge is -2.11. The number of ether oxygens (including phenoxy) is 3. The second-order valence-corrected chi connectivity index (χ2v) is 3.32. The van der Waals surface area contributed by atoms with Crippen molar-refractivity contribution in [2.24, 2.45) is 0 Å². The molecule has 2 aromatic carbocycles. The predicted octanol–water partition coefficient (Wildman–Crippen LogP) is 2.67. The minimum Gasteiger partial charge on any atom is -0.496 e. The summed E-state index contributed by atoms with van der Waals surface area (Å²) in [5.74, 6) is 2.18. The van der Waals surface area contributed by atoms with Crippen molar-refractivity contribution >= 4 is 10.8 Å². The molecule has 0 heterocycles. The summed E-state index contributed by atoms with van der Waals surface area (Å²) in [6, 6.07) is 10.5. The molecule has 0 aliphatic heterocycles. The van der Waals surface area contributed by atoms with Crippen molar-refractivity contribution in [3.05, 3.63) is 30.3 Å². The van der Waals surface area contributed by atoms with Crippen molar-refractivity contribution in [3.63, 3.8) is 0 Å². The van der Waals surface area contributed by atoms with Crippen LogP contribution in [0.25, 0.3) is 10.8 Å². The van der Waals surface area contributed by atoms with Crippen LogP contribution >= 0.6 is 0 Å². The molecule has 2 rings (SSSR count). The number of rotatable bonds is 3. The maximum absolute atomic E-state index is 5.27. The third-order valence-corrected chi connectivity index (χ3v) is 2.49. The number of hydrogen-bond donors (Lipinski definition) is 0. The van der Waals surface area contributed by atoms with Crippen LogP contribution in [0, 0.1) is 6.07 Å². The second kappa shape index (κ2) is 4.31. The zero-order chi connectivity index (χ0) is 11.5. The first-order valence-electron chi connectivity index (χ1n) is 4.90. The Bertz CT molecular complexity index is 506. The van der Waals surface area contributed by atoms with Crippen molar-refractivity contribution in [2.45, 2.75) is 0 Å². The fourth-order valence-corrected chi connectivity index (χ4v) is 1.68. The van der Waals surface area contributed by atoms with Gasteiger partial charge < -0.3 is 14.2 Å². The molecule has 0 atom stereocenters. The SMILES string of the molecule is COc1cc2c[c]cc(OC)c2cc1OC. The van der Waals surface area contributed by atoms with Gasteiger partial charge in [-0.3, -0.25) is 0 Å². The van der Waals surface area contributed by atoms with Gasteiger partial charge in [-0.05, 0) is 35.7 Å². The molecule has 0 N–H and O–H groups in total. The zero-order valence-electron chi connectivity index (χ0n) is 9.53. The normalized spacial score (nSPS) is 10.2. The summed E-state index contributed by atoms with van der Waals surface area (Å²) in [5, 5.41) is 2.00. The summed E-state index contributed by atoms with van der Waals surface area (Å²) in [4.78, 5) is 0. The topological polar surface area (TPSA) is 27.7 Å². The highest BCUT2D eigenvalue weighted by molar-refractivity contribution is 5.91. The monoisotopic (exact) mass is 217 g/mol. The molecule has 1 radical (unpaired) electrons. The Morgan fingerprint density at radius 1 is 0.812 bits per heavy atom. The standard InChI is InChI=1S/C13H13O3/c1-14-11-6-4-5-9-7-12(15-2)13(16-3)8-10(9)11/h5-8H,1-3H3.